The van der Waals surface area contributed by atoms with E-state index in [1.807, 2.05) is 42.5 Å². The minimum Gasteiger partial charge on any atom is -0.492 e. The predicted molar refractivity (Wildman–Crippen MR) is 130 cm³/mol. The lowest BCUT2D eigenvalue weighted by Gasteiger charge is -2.31. The first-order chi connectivity index (χ1) is 15.2. The number of anilines is 1. The number of hydrogen-bond donors (Lipinski definition) is 1. The number of halogens is 1. The van der Waals surface area contributed by atoms with E-state index in [0.717, 1.165) is 21.3 Å². The highest BCUT2D eigenvalue weighted by Gasteiger charge is 2.32. The van der Waals surface area contributed by atoms with E-state index in [1.165, 1.54) is 0 Å². The molecule has 1 atom stereocenters. The van der Waals surface area contributed by atoms with Crippen LogP contribution in [0.4, 0.5) is 5.69 Å². The van der Waals surface area contributed by atoms with Crippen molar-refractivity contribution in [1.29, 1.82) is 0 Å². The number of nitrogens with zero attached hydrogens (tertiary/aromatic N) is 1. The summed E-state index contributed by atoms with van der Waals surface area (Å²) < 4.78 is 32.1. The highest BCUT2D eigenvalue weighted by atomic mass is 35.5. The molecule has 0 radical (unpaired) electrons. The van der Waals surface area contributed by atoms with Gasteiger partial charge in [0.2, 0.25) is 15.9 Å². The van der Waals surface area contributed by atoms with Crippen LogP contribution in [0.3, 0.4) is 0 Å². The van der Waals surface area contributed by atoms with Crippen LogP contribution in [-0.4, -0.2) is 39.8 Å². The number of benzene rings is 3. The topological polar surface area (TPSA) is 75.7 Å². The Morgan fingerprint density at radius 1 is 1.09 bits per heavy atom. The molecule has 0 aliphatic carbocycles. The highest BCUT2D eigenvalue weighted by molar-refractivity contribution is 7.92. The Kier molecular flexibility index (Phi) is 7.64. The number of fused-ring (bicyclic) bond motifs is 1. The maximum absolute atomic E-state index is 12.9. The molecule has 32 heavy (non-hydrogen) atoms. The van der Waals surface area contributed by atoms with Gasteiger partial charge in [-0.1, -0.05) is 54.9 Å². The van der Waals surface area contributed by atoms with Crippen LogP contribution in [0.2, 0.25) is 5.02 Å². The zero-order valence-corrected chi connectivity index (χ0v) is 19.9. The summed E-state index contributed by atoms with van der Waals surface area (Å²) in [6, 6.07) is 17.9. The molecule has 0 fully saturated rings. The number of carbonyl (C=O) groups is 1. The van der Waals surface area contributed by atoms with Gasteiger partial charge in [0.25, 0.3) is 0 Å². The molecule has 170 valence electrons. The van der Waals surface area contributed by atoms with E-state index in [2.05, 4.69) is 5.32 Å². The van der Waals surface area contributed by atoms with E-state index >= 15 is 0 Å². The lowest BCUT2D eigenvalue weighted by atomic mass is 10.1. The molecule has 0 aliphatic heterocycles. The van der Waals surface area contributed by atoms with Crippen molar-refractivity contribution in [3.05, 3.63) is 71.2 Å². The van der Waals surface area contributed by atoms with Gasteiger partial charge in [0.15, 0.2) is 0 Å². The molecule has 3 aromatic carbocycles. The van der Waals surface area contributed by atoms with E-state index in [4.69, 9.17) is 16.3 Å². The molecule has 3 rings (SSSR count). The third kappa shape index (κ3) is 5.72. The molecule has 0 spiro atoms. The first-order valence-electron chi connectivity index (χ1n) is 10.4. The third-order valence-electron chi connectivity index (χ3n) is 5.13. The summed E-state index contributed by atoms with van der Waals surface area (Å²) in [5.41, 5.74) is 1.11. The van der Waals surface area contributed by atoms with Gasteiger partial charge in [-0.3, -0.25) is 9.10 Å². The summed E-state index contributed by atoms with van der Waals surface area (Å²) in [6.07, 6.45) is 1.39. The molecule has 0 saturated heterocycles. The highest BCUT2D eigenvalue weighted by Crippen LogP contribution is 2.29. The molecular weight excluding hydrogens is 448 g/mol. The SMILES string of the molecule is CCC(C(=O)NCCOc1ccc2ccccc2c1)N(c1cc(Cl)ccc1C)S(C)(=O)=O. The fourth-order valence-electron chi connectivity index (χ4n) is 3.57. The number of carbonyl (C=O) groups excluding carboxylic acids is 1. The first kappa shape index (κ1) is 23.9. The predicted octanol–water partition coefficient (Wildman–Crippen LogP) is 4.54. The number of hydrogen-bond acceptors (Lipinski definition) is 4. The Labute approximate surface area is 194 Å². The van der Waals surface area contributed by atoms with Gasteiger partial charge in [0, 0.05) is 5.02 Å². The molecule has 3 aromatic rings. The maximum atomic E-state index is 12.9. The Morgan fingerprint density at radius 2 is 1.81 bits per heavy atom. The van der Waals surface area contributed by atoms with Crippen molar-refractivity contribution >= 4 is 44.0 Å². The maximum Gasteiger partial charge on any atom is 0.244 e. The van der Waals surface area contributed by atoms with Crippen LogP contribution in [0, 0.1) is 6.92 Å². The van der Waals surface area contributed by atoms with Gasteiger partial charge in [-0.05, 0) is 53.9 Å². The van der Waals surface area contributed by atoms with Crippen LogP contribution in [-0.2, 0) is 14.8 Å². The summed E-state index contributed by atoms with van der Waals surface area (Å²) in [5.74, 6) is 0.316. The molecule has 0 heterocycles. The molecule has 0 saturated carbocycles. The molecule has 1 N–H and O–H groups in total. The summed E-state index contributed by atoms with van der Waals surface area (Å²) in [4.78, 5) is 12.9. The van der Waals surface area contributed by atoms with Gasteiger partial charge >= 0.3 is 0 Å². The second kappa shape index (κ2) is 10.2. The molecule has 1 amide bonds. The first-order valence-corrected chi connectivity index (χ1v) is 12.6. The van der Waals surface area contributed by atoms with Gasteiger partial charge < -0.3 is 10.1 Å². The van der Waals surface area contributed by atoms with Crippen molar-refractivity contribution in [3.8, 4) is 5.75 Å². The smallest absolute Gasteiger partial charge is 0.244 e. The monoisotopic (exact) mass is 474 g/mol. The van der Waals surface area contributed by atoms with Gasteiger partial charge in [-0.15, -0.1) is 0 Å². The average Bonchev–Trinajstić information content (AvgIpc) is 2.75. The number of nitrogens with one attached hydrogen (secondary N) is 1. The van der Waals surface area contributed by atoms with Crippen molar-refractivity contribution in [2.45, 2.75) is 26.3 Å². The van der Waals surface area contributed by atoms with Gasteiger partial charge in [-0.25, -0.2) is 8.42 Å². The molecule has 0 aliphatic rings. The normalized spacial score (nSPS) is 12.4. The second-order valence-corrected chi connectivity index (χ2v) is 9.86. The molecule has 6 nitrogen and oxygen atoms in total. The Bertz CT molecular complexity index is 1210. The van der Waals surface area contributed by atoms with Crippen LogP contribution in [0.5, 0.6) is 5.75 Å². The summed E-state index contributed by atoms with van der Waals surface area (Å²) in [5, 5.41) is 5.39. The molecular formula is C24H27ClN2O4S. The summed E-state index contributed by atoms with van der Waals surface area (Å²) in [7, 11) is -3.73. The van der Waals surface area contributed by atoms with Crippen LogP contribution in [0.1, 0.15) is 18.9 Å². The van der Waals surface area contributed by atoms with Crippen molar-refractivity contribution in [3.63, 3.8) is 0 Å². The molecule has 0 aromatic heterocycles. The fourth-order valence-corrected chi connectivity index (χ4v) is 5.00. The van der Waals surface area contributed by atoms with Crippen LogP contribution < -0.4 is 14.4 Å². The Morgan fingerprint density at radius 3 is 2.50 bits per heavy atom. The van der Waals surface area contributed by atoms with Crippen molar-refractivity contribution < 1.29 is 17.9 Å². The standard InChI is InChI=1S/C24H27ClN2O4S/c1-4-22(27(32(3,29)30)23-16-20(25)11-9-17(23)2)24(28)26-13-14-31-21-12-10-18-7-5-6-8-19(18)15-21/h5-12,15-16,22H,4,13-14H2,1-3H3,(H,26,28). The van der Waals surface area contributed by atoms with E-state index in [0.29, 0.717) is 28.4 Å². The van der Waals surface area contributed by atoms with Crippen molar-refractivity contribution in [1.82, 2.24) is 5.32 Å². The minimum absolute atomic E-state index is 0.244. The summed E-state index contributed by atoms with van der Waals surface area (Å²) in [6.45, 7) is 4.06. The zero-order chi connectivity index (χ0) is 23.3. The Balaban J connectivity index is 1.67. The summed E-state index contributed by atoms with van der Waals surface area (Å²) >= 11 is 6.10. The van der Waals surface area contributed by atoms with Crippen LogP contribution >= 0.6 is 11.6 Å². The number of sulfonamides is 1. The van der Waals surface area contributed by atoms with Gasteiger partial charge in [-0.2, -0.15) is 0 Å². The largest absolute Gasteiger partial charge is 0.492 e. The van der Waals surface area contributed by atoms with E-state index in [9.17, 15) is 13.2 Å². The van der Waals surface area contributed by atoms with Crippen molar-refractivity contribution in [2.24, 2.45) is 0 Å². The zero-order valence-electron chi connectivity index (χ0n) is 18.3. The number of rotatable bonds is 9. The fraction of sp³-hybridized carbons (Fsp3) is 0.292. The van der Waals surface area contributed by atoms with Gasteiger partial charge in [0.05, 0.1) is 18.5 Å². The van der Waals surface area contributed by atoms with Crippen LogP contribution in [0.25, 0.3) is 10.8 Å². The average molecular weight is 475 g/mol. The number of ether oxygens (including phenoxy) is 1. The number of amides is 1. The quantitative estimate of drug-likeness (QED) is 0.462. The van der Waals surface area contributed by atoms with E-state index in [1.54, 1.807) is 32.0 Å². The van der Waals surface area contributed by atoms with Crippen LogP contribution in [0.15, 0.2) is 60.7 Å². The lowest BCUT2D eigenvalue weighted by molar-refractivity contribution is -0.122. The van der Waals surface area contributed by atoms with Gasteiger partial charge in [0.1, 0.15) is 18.4 Å². The third-order valence-corrected chi connectivity index (χ3v) is 6.53. The van der Waals surface area contributed by atoms with E-state index < -0.39 is 16.1 Å². The Hall–Kier alpha value is -2.77. The lowest BCUT2D eigenvalue weighted by Crippen LogP contribution is -2.50. The molecule has 0 bridgehead atoms. The number of aryl methyl sites for hydroxylation is 1. The van der Waals surface area contributed by atoms with E-state index in [-0.39, 0.29) is 19.1 Å². The molecule has 8 heteroatoms. The minimum atomic E-state index is -3.73. The second-order valence-electron chi connectivity index (χ2n) is 7.56. The molecule has 1 unspecified atom stereocenters. The van der Waals surface area contributed by atoms with Crippen molar-refractivity contribution in [2.75, 3.05) is 23.7 Å².